The molecule has 20 heavy (non-hydrogen) atoms. The molecular weight excluding hydrogens is 269 g/mol. The van der Waals surface area contributed by atoms with Crippen LogP contribution in [0.5, 0.6) is 5.75 Å². The molecule has 0 atom stereocenters. The Balaban J connectivity index is 2.09. The highest BCUT2D eigenvalue weighted by atomic mass is 19.4. The lowest BCUT2D eigenvalue weighted by molar-refractivity contribution is -0.274. The first-order chi connectivity index (χ1) is 9.53. The Bertz CT molecular complexity index is 716. The molecule has 0 bridgehead atoms. The Labute approximate surface area is 112 Å². The van der Waals surface area contributed by atoms with E-state index in [9.17, 15) is 13.2 Å². The normalized spacial score (nSPS) is 11.8. The number of rotatable bonds is 2. The van der Waals surface area contributed by atoms with Crippen molar-refractivity contribution in [3.8, 4) is 17.1 Å². The van der Waals surface area contributed by atoms with Gasteiger partial charge in [-0.05, 0) is 24.3 Å². The van der Waals surface area contributed by atoms with Gasteiger partial charge in [-0.15, -0.1) is 13.2 Å². The van der Waals surface area contributed by atoms with Crippen LogP contribution in [0.25, 0.3) is 22.4 Å². The fourth-order valence-electron chi connectivity index (χ4n) is 1.96. The number of alkyl halides is 3. The van der Waals surface area contributed by atoms with E-state index in [4.69, 9.17) is 0 Å². The van der Waals surface area contributed by atoms with Crippen molar-refractivity contribution in [2.24, 2.45) is 0 Å². The predicted octanol–water partition coefficient (Wildman–Crippen LogP) is 4.13. The Kier molecular flexibility index (Phi) is 2.85. The van der Waals surface area contributed by atoms with Gasteiger partial charge in [0.1, 0.15) is 11.6 Å². The number of fused-ring (bicyclic) bond motifs is 1. The minimum Gasteiger partial charge on any atom is -0.405 e. The zero-order chi connectivity index (χ0) is 14.2. The van der Waals surface area contributed by atoms with E-state index >= 15 is 0 Å². The lowest BCUT2D eigenvalue weighted by atomic mass is 10.2. The molecule has 0 aliphatic rings. The number of hydrogen-bond donors (Lipinski definition) is 1. The van der Waals surface area contributed by atoms with Gasteiger partial charge in [-0.1, -0.05) is 24.3 Å². The van der Waals surface area contributed by atoms with Crippen molar-refractivity contribution in [3.05, 3.63) is 48.5 Å². The smallest absolute Gasteiger partial charge is 0.405 e. The zero-order valence-electron chi connectivity index (χ0n) is 10.1. The highest BCUT2D eigenvalue weighted by molar-refractivity contribution is 5.80. The van der Waals surface area contributed by atoms with Crippen LogP contribution in [0.4, 0.5) is 13.2 Å². The monoisotopic (exact) mass is 278 g/mol. The summed E-state index contributed by atoms with van der Waals surface area (Å²) in [5.74, 6) is 0.0603. The summed E-state index contributed by atoms with van der Waals surface area (Å²) in [7, 11) is 0. The molecule has 0 fully saturated rings. The van der Waals surface area contributed by atoms with Crippen LogP contribution in [0.15, 0.2) is 48.5 Å². The van der Waals surface area contributed by atoms with Gasteiger partial charge >= 0.3 is 6.36 Å². The van der Waals surface area contributed by atoms with Crippen molar-refractivity contribution in [2.45, 2.75) is 6.36 Å². The van der Waals surface area contributed by atoms with Gasteiger partial charge in [0, 0.05) is 0 Å². The van der Waals surface area contributed by atoms with Crippen molar-refractivity contribution < 1.29 is 17.9 Å². The van der Waals surface area contributed by atoms with Crippen LogP contribution < -0.4 is 4.74 Å². The molecule has 0 saturated carbocycles. The number of halogens is 3. The highest BCUT2D eigenvalue weighted by Gasteiger charge is 2.32. The van der Waals surface area contributed by atoms with E-state index in [0.29, 0.717) is 11.3 Å². The molecule has 1 heterocycles. The maximum atomic E-state index is 12.4. The van der Waals surface area contributed by atoms with Gasteiger partial charge in [-0.2, -0.15) is 0 Å². The van der Waals surface area contributed by atoms with Crippen LogP contribution in [-0.2, 0) is 0 Å². The maximum Gasteiger partial charge on any atom is 0.573 e. The third-order valence-corrected chi connectivity index (χ3v) is 2.76. The van der Waals surface area contributed by atoms with Crippen LogP contribution in [0.2, 0.25) is 0 Å². The van der Waals surface area contributed by atoms with Gasteiger partial charge in [-0.3, -0.25) is 0 Å². The Morgan fingerprint density at radius 2 is 1.65 bits per heavy atom. The average Bonchev–Trinajstić information content (AvgIpc) is 2.81. The Hall–Kier alpha value is -2.50. The molecule has 0 radical (unpaired) electrons. The van der Waals surface area contributed by atoms with E-state index in [1.165, 1.54) is 18.2 Å². The maximum absolute atomic E-state index is 12.4. The zero-order valence-corrected chi connectivity index (χ0v) is 10.1. The van der Waals surface area contributed by atoms with Crippen LogP contribution in [-0.4, -0.2) is 16.3 Å². The summed E-state index contributed by atoms with van der Waals surface area (Å²) in [6.07, 6.45) is -4.73. The summed E-state index contributed by atoms with van der Waals surface area (Å²) in [6.45, 7) is 0. The Morgan fingerprint density at radius 1 is 0.950 bits per heavy atom. The number of H-pyrrole nitrogens is 1. The van der Waals surface area contributed by atoms with Gasteiger partial charge < -0.3 is 9.72 Å². The first-order valence-electron chi connectivity index (χ1n) is 5.83. The summed E-state index contributed by atoms with van der Waals surface area (Å²) < 4.78 is 41.2. The number of para-hydroxylation sites is 3. The van der Waals surface area contributed by atoms with Crippen molar-refractivity contribution in [1.29, 1.82) is 0 Å². The summed E-state index contributed by atoms with van der Waals surface area (Å²) in [5.41, 5.74) is 1.70. The number of aromatic amines is 1. The molecule has 1 N–H and O–H groups in total. The number of hydrogen-bond acceptors (Lipinski definition) is 2. The lowest BCUT2D eigenvalue weighted by Crippen LogP contribution is -2.17. The topological polar surface area (TPSA) is 37.9 Å². The number of nitrogens with zero attached hydrogens (tertiary/aromatic N) is 1. The largest absolute Gasteiger partial charge is 0.573 e. The molecule has 0 unspecified atom stereocenters. The molecule has 0 aliphatic carbocycles. The molecule has 6 heteroatoms. The molecule has 0 saturated heterocycles. The minimum absolute atomic E-state index is 0.265. The fraction of sp³-hybridized carbons (Fsp3) is 0.0714. The minimum atomic E-state index is -4.73. The van der Waals surface area contributed by atoms with Gasteiger partial charge in [0.25, 0.3) is 0 Å². The van der Waals surface area contributed by atoms with Gasteiger partial charge in [0.2, 0.25) is 0 Å². The second-order valence-corrected chi connectivity index (χ2v) is 4.15. The predicted molar refractivity (Wildman–Crippen MR) is 68.2 cm³/mol. The molecule has 0 amide bonds. The SMILES string of the molecule is FC(F)(F)Oc1ccccc1-c1nc2ccccc2[nH]1. The molecule has 0 spiro atoms. The molecule has 0 aliphatic heterocycles. The first-order valence-corrected chi connectivity index (χ1v) is 5.83. The second kappa shape index (κ2) is 4.56. The van der Waals surface area contributed by atoms with Crippen molar-refractivity contribution in [2.75, 3.05) is 0 Å². The summed E-state index contributed by atoms with van der Waals surface area (Å²) >= 11 is 0. The van der Waals surface area contributed by atoms with E-state index in [1.807, 2.05) is 12.1 Å². The molecule has 1 aromatic heterocycles. The van der Waals surface area contributed by atoms with Crippen LogP contribution >= 0.6 is 0 Å². The molecule has 2 aromatic carbocycles. The highest BCUT2D eigenvalue weighted by Crippen LogP contribution is 2.32. The van der Waals surface area contributed by atoms with E-state index < -0.39 is 6.36 Å². The van der Waals surface area contributed by atoms with Crippen LogP contribution in [0, 0.1) is 0 Å². The van der Waals surface area contributed by atoms with Gasteiger partial charge in [0.05, 0.1) is 16.6 Å². The third kappa shape index (κ3) is 2.45. The number of nitrogens with one attached hydrogen (secondary N) is 1. The fourth-order valence-corrected chi connectivity index (χ4v) is 1.96. The van der Waals surface area contributed by atoms with Gasteiger partial charge in [-0.25, -0.2) is 4.98 Å². The van der Waals surface area contributed by atoms with Crippen LogP contribution in [0.3, 0.4) is 0 Å². The quantitative estimate of drug-likeness (QED) is 0.765. The second-order valence-electron chi connectivity index (χ2n) is 4.15. The summed E-state index contributed by atoms with van der Waals surface area (Å²) in [6, 6.07) is 13.1. The third-order valence-electron chi connectivity index (χ3n) is 2.76. The van der Waals surface area contributed by atoms with Gasteiger partial charge in [0.15, 0.2) is 0 Å². The molecule has 102 valence electrons. The number of benzene rings is 2. The van der Waals surface area contributed by atoms with Crippen molar-refractivity contribution in [3.63, 3.8) is 0 Å². The van der Waals surface area contributed by atoms with Crippen molar-refractivity contribution >= 4 is 11.0 Å². The van der Waals surface area contributed by atoms with E-state index in [1.54, 1.807) is 18.2 Å². The molecule has 3 aromatic rings. The van der Waals surface area contributed by atoms with E-state index in [0.717, 1.165) is 5.52 Å². The number of imidazole rings is 1. The lowest BCUT2D eigenvalue weighted by Gasteiger charge is -2.11. The molecular formula is C14H9F3N2O. The first kappa shape index (κ1) is 12.5. The summed E-state index contributed by atoms with van der Waals surface area (Å²) in [5, 5.41) is 0. The number of ether oxygens (including phenoxy) is 1. The van der Waals surface area contributed by atoms with E-state index in [-0.39, 0.29) is 11.3 Å². The number of aromatic nitrogens is 2. The van der Waals surface area contributed by atoms with Crippen LogP contribution in [0.1, 0.15) is 0 Å². The Morgan fingerprint density at radius 3 is 2.40 bits per heavy atom. The molecule has 3 nitrogen and oxygen atoms in total. The standard InChI is InChI=1S/C14H9F3N2O/c15-14(16,17)20-12-8-4-1-5-9(12)13-18-10-6-2-3-7-11(10)19-13/h1-8H,(H,18,19). The average molecular weight is 278 g/mol. The van der Waals surface area contributed by atoms with Crippen molar-refractivity contribution in [1.82, 2.24) is 9.97 Å². The van der Waals surface area contributed by atoms with E-state index in [2.05, 4.69) is 14.7 Å². The molecule has 3 rings (SSSR count). The summed E-state index contributed by atoms with van der Waals surface area (Å²) in [4.78, 5) is 7.25.